The molecule has 7 nitrogen and oxygen atoms in total. The fourth-order valence-corrected chi connectivity index (χ4v) is 2.70. The summed E-state index contributed by atoms with van der Waals surface area (Å²) in [5.41, 5.74) is 4.17. The number of H-pyrrole nitrogens is 1. The van der Waals surface area contributed by atoms with E-state index in [-0.39, 0.29) is 0 Å². The number of benzene rings is 1. The number of hydrogen-bond donors (Lipinski definition) is 3. The van der Waals surface area contributed by atoms with Gasteiger partial charge in [0.1, 0.15) is 5.75 Å². The van der Waals surface area contributed by atoms with Gasteiger partial charge in [0.15, 0.2) is 5.65 Å². The number of aromatic nitrogens is 4. The van der Waals surface area contributed by atoms with E-state index >= 15 is 0 Å². The number of nitrogens with zero attached hydrogens (tertiary/aromatic N) is 3. The third-order valence-corrected chi connectivity index (χ3v) is 3.85. The van der Waals surface area contributed by atoms with Crippen LogP contribution in [-0.2, 0) is 13.0 Å². The Kier molecular flexibility index (Phi) is 3.12. The second-order valence-electron chi connectivity index (χ2n) is 5.24. The number of rotatable bonds is 3. The van der Waals surface area contributed by atoms with Gasteiger partial charge in [-0.3, -0.25) is 5.10 Å². The number of aromatic amines is 1. The van der Waals surface area contributed by atoms with Gasteiger partial charge in [0, 0.05) is 12.7 Å². The van der Waals surface area contributed by atoms with E-state index in [4.69, 9.17) is 4.74 Å². The van der Waals surface area contributed by atoms with E-state index in [1.807, 2.05) is 0 Å². The molecular weight excluding hydrogens is 280 g/mol. The van der Waals surface area contributed by atoms with Crippen LogP contribution in [0.15, 0.2) is 24.5 Å². The predicted molar refractivity (Wildman–Crippen MR) is 83.4 cm³/mol. The molecule has 0 unspecified atom stereocenters. The van der Waals surface area contributed by atoms with Crippen LogP contribution in [-0.4, -0.2) is 33.8 Å². The number of nitrogens with one attached hydrogen (secondary N) is 3. The number of ether oxygens (including phenoxy) is 1. The summed E-state index contributed by atoms with van der Waals surface area (Å²) in [7, 11) is 1.67. The monoisotopic (exact) mass is 296 g/mol. The minimum Gasteiger partial charge on any atom is -0.495 e. The summed E-state index contributed by atoms with van der Waals surface area (Å²) in [6, 6.07) is 4.19. The molecule has 0 saturated heterocycles. The molecule has 0 spiro atoms. The molecule has 0 saturated carbocycles. The van der Waals surface area contributed by atoms with Gasteiger partial charge in [-0.1, -0.05) is 0 Å². The zero-order valence-electron chi connectivity index (χ0n) is 12.2. The number of methoxy groups -OCH3 is 1. The lowest BCUT2D eigenvalue weighted by Crippen LogP contribution is -2.23. The fraction of sp³-hybridized carbons (Fsp3) is 0.267. The van der Waals surface area contributed by atoms with Gasteiger partial charge in [0.25, 0.3) is 0 Å². The maximum atomic E-state index is 5.50. The standard InChI is InChI=1S/C15H16N6O/c1-22-13-5-9-2-3-16-6-10(9)4-12(13)19-15-17-7-11-8-18-21-14(11)20-15/h4-5,7-8,16H,2-3,6H2,1H3,(H2,17,18,19,20,21). The van der Waals surface area contributed by atoms with Gasteiger partial charge >= 0.3 is 0 Å². The Morgan fingerprint density at radius 2 is 2.18 bits per heavy atom. The summed E-state index contributed by atoms with van der Waals surface area (Å²) in [6.45, 7) is 1.87. The number of fused-ring (bicyclic) bond motifs is 2. The lowest BCUT2D eigenvalue weighted by molar-refractivity contribution is 0.415. The molecule has 0 aliphatic carbocycles. The van der Waals surface area contributed by atoms with Crippen molar-refractivity contribution in [1.82, 2.24) is 25.5 Å². The van der Waals surface area contributed by atoms with E-state index in [2.05, 4.69) is 42.9 Å². The Balaban J connectivity index is 1.71. The van der Waals surface area contributed by atoms with Crippen molar-refractivity contribution in [3.63, 3.8) is 0 Å². The second kappa shape index (κ2) is 5.27. The van der Waals surface area contributed by atoms with Crippen LogP contribution >= 0.6 is 0 Å². The van der Waals surface area contributed by atoms with Crippen LogP contribution in [0.2, 0.25) is 0 Å². The van der Waals surface area contributed by atoms with Gasteiger partial charge < -0.3 is 15.4 Å². The molecule has 7 heteroatoms. The molecule has 3 heterocycles. The Hall–Kier alpha value is -2.67. The van der Waals surface area contributed by atoms with Gasteiger partial charge in [-0.2, -0.15) is 10.1 Å². The molecule has 4 rings (SSSR count). The summed E-state index contributed by atoms with van der Waals surface area (Å²) in [5, 5.41) is 14.3. The van der Waals surface area contributed by atoms with E-state index in [1.165, 1.54) is 11.1 Å². The summed E-state index contributed by atoms with van der Waals surface area (Å²) >= 11 is 0. The molecule has 0 bridgehead atoms. The van der Waals surface area contributed by atoms with Gasteiger partial charge in [-0.15, -0.1) is 0 Å². The average Bonchev–Trinajstić information content (AvgIpc) is 3.02. The zero-order valence-corrected chi connectivity index (χ0v) is 12.2. The minimum atomic E-state index is 0.513. The number of anilines is 2. The summed E-state index contributed by atoms with van der Waals surface area (Å²) in [5.74, 6) is 1.31. The molecule has 3 N–H and O–H groups in total. The van der Waals surface area contributed by atoms with Crippen LogP contribution in [0, 0.1) is 0 Å². The smallest absolute Gasteiger partial charge is 0.229 e. The molecule has 3 aromatic rings. The first-order valence-corrected chi connectivity index (χ1v) is 7.17. The lowest BCUT2D eigenvalue weighted by Gasteiger charge is -2.20. The Bertz CT molecular complexity index is 828. The molecular formula is C15H16N6O. The minimum absolute atomic E-state index is 0.513. The molecule has 1 aliphatic heterocycles. The summed E-state index contributed by atoms with van der Waals surface area (Å²) in [4.78, 5) is 8.71. The van der Waals surface area contributed by atoms with Crippen molar-refractivity contribution in [2.75, 3.05) is 19.0 Å². The summed E-state index contributed by atoms with van der Waals surface area (Å²) < 4.78 is 5.50. The van der Waals surface area contributed by atoms with Gasteiger partial charge in [0.05, 0.1) is 24.4 Å². The van der Waals surface area contributed by atoms with Crippen molar-refractivity contribution in [1.29, 1.82) is 0 Å². The van der Waals surface area contributed by atoms with Crippen LogP contribution in [0.5, 0.6) is 5.75 Å². The first kappa shape index (κ1) is 13.0. The van der Waals surface area contributed by atoms with Crippen LogP contribution in [0.25, 0.3) is 11.0 Å². The van der Waals surface area contributed by atoms with Gasteiger partial charge in [0.2, 0.25) is 5.95 Å². The van der Waals surface area contributed by atoms with E-state index in [0.717, 1.165) is 36.3 Å². The highest BCUT2D eigenvalue weighted by Gasteiger charge is 2.14. The maximum absolute atomic E-state index is 5.50. The molecule has 0 amide bonds. The highest BCUT2D eigenvalue weighted by molar-refractivity contribution is 5.75. The van der Waals surface area contributed by atoms with Crippen LogP contribution in [0.3, 0.4) is 0 Å². The van der Waals surface area contributed by atoms with Crippen LogP contribution < -0.4 is 15.4 Å². The van der Waals surface area contributed by atoms with E-state index in [9.17, 15) is 0 Å². The normalized spacial score (nSPS) is 13.9. The van der Waals surface area contributed by atoms with Crippen LogP contribution in [0.4, 0.5) is 11.6 Å². The quantitative estimate of drug-likeness (QED) is 0.682. The Morgan fingerprint density at radius 3 is 3.09 bits per heavy atom. The second-order valence-corrected chi connectivity index (χ2v) is 5.24. The van der Waals surface area contributed by atoms with E-state index in [1.54, 1.807) is 19.5 Å². The highest BCUT2D eigenvalue weighted by atomic mass is 16.5. The molecule has 0 radical (unpaired) electrons. The van der Waals surface area contributed by atoms with Gasteiger partial charge in [-0.05, 0) is 36.2 Å². The van der Waals surface area contributed by atoms with E-state index < -0.39 is 0 Å². The van der Waals surface area contributed by atoms with Crippen molar-refractivity contribution in [3.05, 3.63) is 35.7 Å². The van der Waals surface area contributed by atoms with Crippen LogP contribution in [0.1, 0.15) is 11.1 Å². The molecule has 1 aromatic carbocycles. The third-order valence-electron chi connectivity index (χ3n) is 3.85. The molecule has 0 fully saturated rings. The van der Waals surface area contributed by atoms with Gasteiger partial charge in [-0.25, -0.2) is 4.98 Å². The first-order chi connectivity index (χ1) is 10.8. The molecule has 0 atom stereocenters. The molecule has 22 heavy (non-hydrogen) atoms. The predicted octanol–water partition coefficient (Wildman–Crippen LogP) is 1.75. The SMILES string of the molecule is COc1cc2c(cc1Nc1ncc3cn[nH]c3n1)CNCC2. The third kappa shape index (κ3) is 2.25. The molecule has 2 aromatic heterocycles. The Labute approximate surface area is 127 Å². The number of hydrogen-bond acceptors (Lipinski definition) is 6. The average molecular weight is 296 g/mol. The highest BCUT2D eigenvalue weighted by Crippen LogP contribution is 2.31. The zero-order chi connectivity index (χ0) is 14.9. The van der Waals surface area contributed by atoms with Crippen molar-refractivity contribution in [2.45, 2.75) is 13.0 Å². The largest absolute Gasteiger partial charge is 0.495 e. The van der Waals surface area contributed by atoms with Crippen molar-refractivity contribution in [3.8, 4) is 5.75 Å². The van der Waals surface area contributed by atoms with Crippen molar-refractivity contribution in [2.24, 2.45) is 0 Å². The maximum Gasteiger partial charge on any atom is 0.229 e. The first-order valence-electron chi connectivity index (χ1n) is 7.17. The fourth-order valence-electron chi connectivity index (χ4n) is 2.70. The van der Waals surface area contributed by atoms with Crippen molar-refractivity contribution >= 4 is 22.7 Å². The molecule has 112 valence electrons. The topological polar surface area (TPSA) is 87.8 Å². The Morgan fingerprint density at radius 1 is 1.23 bits per heavy atom. The van der Waals surface area contributed by atoms with Crippen molar-refractivity contribution < 1.29 is 4.74 Å². The summed E-state index contributed by atoms with van der Waals surface area (Å²) in [6.07, 6.45) is 4.45. The van der Waals surface area contributed by atoms with E-state index in [0.29, 0.717) is 11.6 Å². The lowest BCUT2D eigenvalue weighted by atomic mass is 10.00. The molecule has 1 aliphatic rings.